The van der Waals surface area contributed by atoms with Crippen LogP contribution in [0.5, 0.6) is 0 Å². The summed E-state index contributed by atoms with van der Waals surface area (Å²) in [7, 11) is 0. The molecule has 39 heavy (non-hydrogen) atoms. The number of nitrogens with zero attached hydrogens (tertiary/aromatic N) is 2. The van der Waals surface area contributed by atoms with E-state index in [1.807, 2.05) is 23.1 Å². The molecular formula is C30H34ClN3O5. The molecule has 9 heteroatoms. The summed E-state index contributed by atoms with van der Waals surface area (Å²) >= 11 is 6.51. The average Bonchev–Trinajstić information content (AvgIpc) is 3.72. The van der Waals surface area contributed by atoms with Crippen LogP contribution in [0.2, 0.25) is 5.02 Å². The van der Waals surface area contributed by atoms with Gasteiger partial charge in [-0.15, -0.1) is 0 Å². The van der Waals surface area contributed by atoms with Crippen molar-refractivity contribution in [2.75, 3.05) is 19.7 Å². The third kappa shape index (κ3) is 5.05. The van der Waals surface area contributed by atoms with E-state index in [-0.39, 0.29) is 17.4 Å². The van der Waals surface area contributed by atoms with E-state index in [1.165, 1.54) is 0 Å². The van der Waals surface area contributed by atoms with Crippen molar-refractivity contribution in [3.8, 4) is 0 Å². The Kier molecular flexibility index (Phi) is 6.88. The van der Waals surface area contributed by atoms with Crippen molar-refractivity contribution >= 4 is 35.1 Å². The lowest BCUT2D eigenvalue weighted by Crippen LogP contribution is -2.70. The van der Waals surface area contributed by atoms with Gasteiger partial charge in [0, 0.05) is 24.5 Å². The Hall–Kier alpha value is -2.97. The summed E-state index contributed by atoms with van der Waals surface area (Å²) in [6.45, 7) is 2.01. The maximum absolute atomic E-state index is 13.6. The van der Waals surface area contributed by atoms with E-state index in [0.717, 1.165) is 42.6 Å². The van der Waals surface area contributed by atoms with Crippen molar-refractivity contribution in [2.45, 2.75) is 69.3 Å². The van der Waals surface area contributed by atoms with E-state index in [9.17, 15) is 19.5 Å². The summed E-state index contributed by atoms with van der Waals surface area (Å²) in [6.07, 6.45) is 7.93. The summed E-state index contributed by atoms with van der Waals surface area (Å²) in [4.78, 5) is 44.9. The summed E-state index contributed by atoms with van der Waals surface area (Å²) in [5.41, 5.74) is 10.7. The van der Waals surface area contributed by atoms with Gasteiger partial charge in [-0.2, -0.15) is 0 Å². The van der Waals surface area contributed by atoms with E-state index >= 15 is 0 Å². The third-order valence-corrected chi connectivity index (χ3v) is 9.38. The van der Waals surface area contributed by atoms with Crippen molar-refractivity contribution in [3.05, 3.63) is 57.3 Å². The number of hydrogen-bond donors (Lipinski definition) is 2. The third-order valence-electron chi connectivity index (χ3n) is 9.06. The molecule has 2 saturated carbocycles. The van der Waals surface area contributed by atoms with Crippen LogP contribution in [0.25, 0.3) is 0 Å². The molecule has 0 bridgehead atoms. The molecule has 5 aliphatic rings. The zero-order valence-electron chi connectivity index (χ0n) is 22.0. The number of carbonyl (C=O) groups is 3. The van der Waals surface area contributed by atoms with Crippen molar-refractivity contribution in [1.82, 2.24) is 4.90 Å². The van der Waals surface area contributed by atoms with Gasteiger partial charge >= 0.3 is 5.97 Å². The highest BCUT2D eigenvalue weighted by Gasteiger charge is 2.52. The van der Waals surface area contributed by atoms with Gasteiger partial charge in [0.05, 0.1) is 41.9 Å². The fourth-order valence-corrected chi connectivity index (χ4v) is 6.68. The van der Waals surface area contributed by atoms with E-state index in [2.05, 4.69) is 4.99 Å². The lowest BCUT2D eigenvalue weighted by atomic mass is 9.78. The van der Waals surface area contributed by atoms with Crippen molar-refractivity contribution in [2.24, 2.45) is 22.6 Å². The second kappa shape index (κ2) is 10.2. The van der Waals surface area contributed by atoms with Crippen molar-refractivity contribution in [1.29, 1.82) is 0 Å². The minimum atomic E-state index is -0.797. The number of aliphatic carboxylic acids is 1. The smallest absolute Gasteiger partial charge is 0.306 e. The number of aliphatic imine (C=N–C) groups is 1. The van der Waals surface area contributed by atoms with Crippen LogP contribution in [-0.2, 0) is 14.3 Å². The van der Waals surface area contributed by atoms with Gasteiger partial charge in [-0.25, -0.2) is 4.99 Å². The minimum absolute atomic E-state index is 0.0755. The first-order valence-corrected chi connectivity index (χ1v) is 14.4. The van der Waals surface area contributed by atoms with Gasteiger partial charge in [0.25, 0.3) is 5.91 Å². The van der Waals surface area contributed by atoms with Gasteiger partial charge < -0.3 is 20.5 Å². The number of allylic oxidation sites excluding steroid dienone is 3. The molecule has 2 atom stereocenters. The highest BCUT2D eigenvalue weighted by Crippen LogP contribution is 2.44. The van der Waals surface area contributed by atoms with Gasteiger partial charge in [-0.05, 0) is 73.6 Å². The molecule has 1 spiro atoms. The molecule has 3 aliphatic carbocycles. The molecule has 4 fully saturated rings. The molecule has 2 heterocycles. The topological polar surface area (TPSA) is 122 Å². The number of nitrogens with two attached hydrogens (primary N) is 1. The Labute approximate surface area is 232 Å². The van der Waals surface area contributed by atoms with Crippen LogP contribution in [-0.4, -0.2) is 58.8 Å². The Bertz CT molecular complexity index is 1320. The first kappa shape index (κ1) is 26.3. The zero-order valence-corrected chi connectivity index (χ0v) is 22.7. The molecule has 2 aliphatic heterocycles. The first-order chi connectivity index (χ1) is 18.7. The molecule has 1 aromatic rings. The van der Waals surface area contributed by atoms with Crippen LogP contribution in [0.15, 0.2) is 46.1 Å². The van der Waals surface area contributed by atoms with Crippen molar-refractivity contribution in [3.63, 3.8) is 0 Å². The number of likely N-dealkylation sites (tertiary alicyclic amines) is 1. The maximum atomic E-state index is 13.6. The van der Waals surface area contributed by atoms with E-state index < -0.39 is 17.8 Å². The Morgan fingerprint density at radius 1 is 1.10 bits per heavy atom. The van der Waals surface area contributed by atoms with Gasteiger partial charge in [-0.1, -0.05) is 29.8 Å². The number of carbonyl (C=O) groups excluding carboxylic acids is 2. The molecule has 6 rings (SSSR count). The minimum Gasteiger partial charge on any atom is -0.481 e. The number of halogens is 1. The second-order valence-electron chi connectivity index (χ2n) is 11.7. The normalized spacial score (nSPS) is 28.4. The zero-order chi connectivity index (χ0) is 27.3. The van der Waals surface area contributed by atoms with Crippen LogP contribution in [0, 0.1) is 11.8 Å². The fourth-order valence-electron chi connectivity index (χ4n) is 6.42. The Balaban J connectivity index is 1.30. The average molecular weight is 552 g/mol. The van der Waals surface area contributed by atoms with Gasteiger partial charge in [0.15, 0.2) is 0 Å². The van der Waals surface area contributed by atoms with Crippen LogP contribution in [0.1, 0.15) is 79.6 Å². The molecular weight excluding hydrogens is 518 g/mol. The summed E-state index contributed by atoms with van der Waals surface area (Å²) < 4.78 is 5.69. The number of ether oxygens (including phenoxy) is 1. The van der Waals surface area contributed by atoms with Crippen molar-refractivity contribution < 1.29 is 24.2 Å². The van der Waals surface area contributed by atoms with E-state index in [1.54, 1.807) is 6.07 Å². The van der Waals surface area contributed by atoms with Gasteiger partial charge in [0.1, 0.15) is 5.60 Å². The predicted octanol–water partition coefficient (Wildman–Crippen LogP) is 4.62. The first-order valence-electron chi connectivity index (χ1n) is 14.0. The predicted molar refractivity (Wildman–Crippen MR) is 147 cm³/mol. The SMILES string of the molecule is NC(C1=CCC(C(=O)O)CC1)=C1CCC(C(=O)N2CC3(CCO3)C2)CC1=NC(=O)c1c(Cl)cccc1C1CC1. The number of carboxylic acid groups (broad SMARTS) is 1. The number of benzene rings is 1. The van der Waals surface area contributed by atoms with Crippen LogP contribution >= 0.6 is 11.6 Å². The molecule has 206 valence electrons. The van der Waals surface area contributed by atoms with Gasteiger partial charge in [0.2, 0.25) is 5.91 Å². The highest BCUT2D eigenvalue weighted by molar-refractivity contribution is 6.34. The lowest BCUT2D eigenvalue weighted by Gasteiger charge is -2.55. The summed E-state index contributed by atoms with van der Waals surface area (Å²) in [5.74, 6) is -1.48. The molecule has 0 radical (unpaired) electrons. The molecule has 2 unspecified atom stereocenters. The highest BCUT2D eigenvalue weighted by atomic mass is 35.5. The molecule has 3 N–H and O–H groups in total. The number of carboxylic acids is 1. The van der Waals surface area contributed by atoms with E-state index in [0.29, 0.717) is 79.5 Å². The molecule has 2 saturated heterocycles. The molecule has 8 nitrogen and oxygen atoms in total. The maximum Gasteiger partial charge on any atom is 0.306 e. The Morgan fingerprint density at radius 2 is 1.85 bits per heavy atom. The van der Waals surface area contributed by atoms with Crippen LogP contribution < -0.4 is 5.73 Å². The molecule has 1 aromatic carbocycles. The molecule has 2 amide bonds. The fraction of sp³-hybridized carbons (Fsp3) is 0.533. The summed E-state index contributed by atoms with van der Waals surface area (Å²) in [6, 6.07) is 5.53. The number of hydrogen-bond acceptors (Lipinski definition) is 5. The number of amides is 2. The van der Waals surface area contributed by atoms with Crippen LogP contribution in [0.4, 0.5) is 0 Å². The monoisotopic (exact) mass is 551 g/mol. The largest absolute Gasteiger partial charge is 0.481 e. The Morgan fingerprint density at radius 3 is 2.46 bits per heavy atom. The van der Waals surface area contributed by atoms with Gasteiger partial charge in [-0.3, -0.25) is 14.4 Å². The molecule has 0 aromatic heterocycles. The van der Waals surface area contributed by atoms with E-state index in [4.69, 9.17) is 22.1 Å². The van der Waals surface area contributed by atoms with Crippen LogP contribution in [0.3, 0.4) is 0 Å². The quantitative estimate of drug-likeness (QED) is 0.550. The summed E-state index contributed by atoms with van der Waals surface area (Å²) in [5, 5.41) is 9.75. The standard InChI is InChI=1S/C30H34ClN3O5/c31-23-3-1-2-21(17-4-5-17)25(23)27(35)33-24-14-20(28(36)34-15-30(16-34)12-13-39-30)10-11-22(24)26(32)18-6-8-19(9-7-18)29(37)38/h1-3,6,17,19-20H,4-5,7-16,32H2,(H,37,38). The lowest BCUT2D eigenvalue weighted by molar-refractivity contribution is -0.223. The number of rotatable bonds is 5. The second-order valence-corrected chi connectivity index (χ2v) is 12.1.